The summed E-state index contributed by atoms with van der Waals surface area (Å²) in [4.78, 5) is 0. The first-order valence-electron chi connectivity index (χ1n) is 11.5. The minimum atomic E-state index is -0.504. The van der Waals surface area contributed by atoms with Gasteiger partial charge in [0.05, 0.1) is 5.60 Å². The summed E-state index contributed by atoms with van der Waals surface area (Å²) in [6.07, 6.45) is 15.0. The van der Waals surface area contributed by atoms with E-state index in [4.69, 9.17) is 4.74 Å². The molecule has 0 bridgehead atoms. The van der Waals surface area contributed by atoms with Crippen molar-refractivity contribution in [2.75, 3.05) is 7.11 Å². The molecule has 3 heteroatoms. The first-order chi connectivity index (χ1) is 13.5. The average molecular weight is 397 g/mol. The van der Waals surface area contributed by atoms with Crippen molar-refractivity contribution >= 4 is 0 Å². The summed E-state index contributed by atoms with van der Waals surface area (Å²) < 4.78 is 32.9. The molecule has 0 spiro atoms. The van der Waals surface area contributed by atoms with E-state index in [1.165, 1.54) is 51.0 Å². The van der Waals surface area contributed by atoms with Crippen LogP contribution in [0, 0.1) is 17.6 Å². The van der Waals surface area contributed by atoms with Gasteiger partial charge < -0.3 is 4.74 Å². The van der Waals surface area contributed by atoms with E-state index in [9.17, 15) is 8.78 Å². The number of methoxy groups -OCH3 is 1. The third-order valence-corrected chi connectivity index (χ3v) is 6.52. The molecule has 0 amide bonds. The molecule has 1 aromatic carbocycles. The summed E-state index contributed by atoms with van der Waals surface area (Å²) in [5.41, 5.74) is 0.586. The Balaban J connectivity index is 2.53. The molecule has 1 atom stereocenters. The maximum Gasteiger partial charge on any atom is 0.129 e. The maximum atomic E-state index is 13.8. The predicted octanol–water partition coefficient (Wildman–Crippen LogP) is 8.25. The molecule has 162 valence electrons. The summed E-state index contributed by atoms with van der Waals surface area (Å²) in [7, 11) is 1.86. The van der Waals surface area contributed by atoms with Gasteiger partial charge in [-0.05, 0) is 56.1 Å². The fourth-order valence-electron chi connectivity index (χ4n) is 4.55. The standard InChI is InChI=1S/C25H42F2O/c1-5-8-9-10-11-12-16-22(25(6-2,7-3)28-4)17-14-13-15-21-18-19-23(26)20-24(21)27/h18-20,22H,5-17H2,1-4H3. The van der Waals surface area contributed by atoms with Crippen molar-refractivity contribution in [2.24, 2.45) is 5.92 Å². The minimum absolute atomic E-state index is 0.0372. The summed E-state index contributed by atoms with van der Waals surface area (Å²) in [6.45, 7) is 6.72. The summed E-state index contributed by atoms with van der Waals surface area (Å²) in [5.74, 6) is -0.371. The Bertz CT molecular complexity index is 517. The van der Waals surface area contributed by atoms with Crippen molar-refractivity contribution in [2.45, 2.75) is 110 Å². The Hall–Kier alpha value is -0.960. The van der Waals surface area contributed by atoms with Gasteiger partial charge in [0.1, 0.15) is 11.6 Å². The number of ether oxygens (including phenoxy) is 1. The van der Waals surface area contributed by atoms with Crippen molar-refractivity contribution < 1.29 is 13.5 Å². The lowest BCUT2D eigenvalue weighted by atomic mass is 9.76. The minimum Gasteiger partial charge on any atom is -0.378 e. The highest BCUT2D eigenvalue weighted by molar-refractivity contribution is 5.18. The first kappa shape index (κ1) is 25.1. The number of halogens is 2. The number of rotatable bonds is 16. The van der Waals surface area contributed by atoms with Crippen LogP contribution < -0.4 is 0 Å². The number of hydrogen-bond acceptors (Lipinski definition) is 1. The quantitative estimate of drug-likeness (QED) is 0.256. The maximum absolute atomic E-state index is 13.8. The van der Waals surface area contributed by atoms with Gasteiger partial charge in [-0.2, -0.15) is 0 Å². The molecule has 1 nitrogen and oxygen atoms in total. The predicted molar refractivity (Wildman–Crippen MR) is 116 cm³/mol. The lowest BCUT2D eigenvalue weighted by Gasteiger charge is -2.39. The van der Waals surface area contributed by atoms with Crippen LogP contribution in [-0.4, -0.2) is 12.7 Å². The molecule has 0 aliphatic carbocycles. The van der Waals surface area contributed by atoms with E-state index in [0.29, 0.717) is 17.9 Å². The monoisotopic (exact) mass is 396 g/mol. The molecular weight excluding hydrogens is 354 g/mol. The zero-order chi connectivity index (χ0) is 20.8. The van der Waals surface area contributed by atoms with Gasteiger partial charge in [0.25, 0.3) is 0 Å². The van der Waals surface area contributed by atoms with Gasteiger partial charge in [-0.3, -0.25) is 0 Å². The fourth-order valence-corrected chi connectivity index (χ4v) is 4.55. The van der Waals surface area contributed by atoms with Gasteiger partial charge in [0.2, 0.25) is 0 Å². The normalized spacial score (nSPS) is 13.1. The third kappa shape index (κ3) is 8.19. The second-order valence-electron chi connectivity index (χ2n) is 8.21. The number of unbranched alkanes of at least 4 members (excludes halogenated alkanes) is 6. The van der Waals surface area contributed by atoms with Crippen molar-refractivity contribution in [1.82, 2.24) is 0 Å². The van der Waals surface area contributed by atoms with Crippen LogP contribution in [0.25, 0.3) is 0 Å². The molecule has 0 saturated heterocycles. The molecule has 0 aliphatic heterocycles. The molecule has 0 fully saturated rings. The van der Waals surface area contributed by atoms with E-state index in [1.807, 2.05) is 7.11 Å². The SMILES string of the molecule is CCCCCCCCC(CCCCc1ccc(F)cc1F)C(CC)(CC)OC. The van der Waals surface area contributed by atoms with Crippen LogP contribution in [0.2, 0.25) is 0 Å². The Morgan fingerprint density at radius 3 is 2.04 bits per heavy atom. The van der Waals surface area contributed by atoms with Gasteiger partial charge in [-0.1, -0.05) is 71.8 Å². The lowest BCUT2D eigenvalue weighted by molar-refractivity contribution is -0.0711. The van der Waals surface area contributed by atoms with E-state index < -0.39 is 11.6 Å². The molecule has 1 unspecified atom stereocenters. The van der Waals surface area contributed by atoms with E-state index in [0.717, 1.165) is 38.2 Å². The third-order valence-electron chi connectivity index (χ3n) is 6.52. The Kier molecular flexibility index (Phi) is 12.6. The summed E-state index contributed by atoms with van der Waals surface area (Å²) >= 11 is 0. The van der Waals surface area contributed by atoms with Crippen LogP contribution in [0.5, 0.6) is 0 Å². The Morgan fingerprint density at radius 1 is 0.857 bits per heavy atom. The Morgan fingerprint density at radius 2 is 1.46 bits per heavy atom. The highest BCUT2D eigenvalue weighted by Crippen LogP contribution is 2.36. The second-order valence-corrected chi connectivity index (χ2v) is 8.21. The van der Waals surface area contributed by atoms with Gasteiger partial charge in [0.15, 0.2) is 0 Å². The summed E-state index contributed by atoms with van der Waals surface area (Å²) in [6, 6.07) is 3.92. The fraction of sp³-hybridized carbons (Fsp3) is 0.760. The van der Waals surface area contributed by atoms with E-state index in [-0.39, 0.29) is 5.60 Å². The van der Waals surface area contributed by atoms with Crippen LogP contribution >= 0.6 is 0 Å². The zero-order valence-corrected chi connectivity index (χ0v) is 18.7. The summed E-state index contributed by atoms with van der Waals surface area (Å²) in [5, 5.41) is 0. The molecular formula is C25H42F2O. The second kappa shape index (κ2) is 14.1. The van der Waals surface area contributed by atoms with Crippen molar-refractivity contribution in [3.8, 4) is 0 Å². The van der Waals surface area contributed by atoms with Gasteiger partial charge in [0, 0.05) is 13.2 Å². The van der Waals surface area contributed by atoms with Crippen molar-refractivity contribution in [3.63, 3.8) is 0 Å². The number of aryl methyl sites for hydroxylation is 1. The smallest absolute Gasteiger partial charge is 0.129 e. The number of hydrogen-bond donors (Lipinski definition) is 0. The molecule has 0 N–H and O–H groups in total. The largest absolute Gasteiger partial charge is 0.378 e. The van der Waals surface area contributed by atoms with Gasteiger partial charge in [-0.15, -0.1) is 0 Å². The van der Waals surface area contributed by atoms with Gasteiger partial charge >= 0.3 is 0 Å². The molecule has 0 aliphatic rings. The van der Waals surface area contributed by atoms with Crippen LogP contribution in [0.3, 0.4) is 0 Å². The molecule has 0 radical (unpaired) electrons. The Labute approximate surface area is 172 Å². The highest BCUT2D eigenvalue weighted by Gasteiger charge is 2.34. The lowest BCUT2D eigenvalue weighted by Crippen LogP contribution is -2.39. The highest BCUT2D eigenvalue weighted by atomic mass is 19.1. The molecule has 1 aromatic rings. The van der Waals surface area contributed by atoms with Crippen LogP contribution in [0.1, 0.15) is 103 Å². The molecule has 0 heterocycles. The van der Waals surface area contributed by atoms with Crippen LogP contribution in [0.15, 0.2) is 18.2 Å². The number of benzene rings is 1. The first-order valence-corrected chi connectivity index (χ1v) is 11.5. The van der Waals surface area contributed by atoms with Crippen LogP contribution in [-0.2, 0) is 11.2 Å². The van der Waals surface area contributed by atoms with Gasteiger partial charge in [-0.25, -0.2) is 8.78 Å². The van der Waals surface area contributed by atoms with E-state index in [1.54, 1.807) is 6.07 Å². The molecule has 1 rings (SSSR count). The average Bonchev–Trinajstić information content (AvgIpc) is 2.70. The van der Waals surface area contributed by atoms with Crippen molar-refractivity contribution in [3.05, 3.63) is 35.4 Å². The van der Waals surface area contributed by atoms with E-state index in [2.05, 4.69) is 20.8 Å². The van der Waals surface area contributed by atoms with E-state index >= 15 is 0 Å². The van der Waals surface area contributed by atoms with Crippen molar-refractivity contribution in [1.29, 1.82) is 0 Å². The molecule has 0 saturated carbocycles. The molecule has 0 aromatic heterocycles. The zero-order valence-electron chi connectivity index (χ0n) is 18.7. The topological polar surface area (TPSA) is 9.23 Å². The van der Waals surface area contributed by atoms with Crippen LogP contribution in [0.4, 0.5) is 8.78 Å². The molecule has 28 heavy (non-hydrogen) atoms.